The second kappa shape index (κ2) is 4.08. The van der Waals surface area contributed by atoms with Crippen LogP contribution in [0.5, 0.6) is 0 Å². The lowest BCUT2D eigenvalue weighted by molar-refractivity contribution is 1.48. The summed E-state index contributed by atoms with van der Waals surface area (Å²) in [5.41, 5.74) is 0. The van der Waals surface area contributed by atoms with Crippen LogP contribution >= 0.6 is 61.6 Å². The number of fused-ring (bicyclic) bond motifs is 1. The molecule has 2 rings (SSSR count). The Bertz CT molecular complexity index is 450. The van der Waals surface area contributed by atoms with Crippen molar-refractivity contribution in [2.45, 2.75) is 4.90 Å². The van der Waals surface area contributed by atoms with Gasteiger partial charge in [0.05, 0.1) is 0 Å². The molecule has 1 aromatic carbocycles. The smallest absolute Gasteiger partial charge is 0.0490 e. The van der Waals surface area contributed by atoms with Crippen LogP contribution in [-0.2, 0) is 0 Å². The van der Waals surface area contributed by atoms with E-state index < -0.39 is 0 Å². The fourth-order valence-corrected chi connectivity index (χ4v) is 4.74. The first-order valence-electron chi connectivity index (χ1n) is 3.63. The molecule has 13 heavy (non-hydrogen) atoms. The molecular weight excluding hydrogens is 379 g/mol. The highest BCUT2D eigenvalue weighted by Crippen LogP contribution is 2.39. The number of hydrogen-bond donors (Lipinski definition) is 0. The SMILES string of the molecule is CSc1c(Br)c(I)cc2ccsc12. The predicted molar refractivity (Wildman–Crippen MR) is 74.0 cm³/mol. The van der Waals surface area contributed by atoms with Gasteiger partial charge in [0.15, 0.2) is 0 Å². The van der Waals surface area contributed by atoms with Crippen LogP contribution < -0.4 is 0 Å². The number of thiophene rings is 1. The third-order valence-corrected chi connectivity index (χ3v) is 6.37. The molecule has 0 bridgehead atoms. The molecule has 2 aromatic rings. The van der Waals surface area contributed by atoms with Gasteiger partial charge in [-0.25, -0.2) is 0 Å². The third-order valence-electron chi connectivity index (χ3n) is 1.80. The van der Waals surface area contributed by atoms with E-state index in [1.54, 1.807) is 11.8 Å². The summed E-state index contributed by atoms with van der Waals surface area (Å²) in [7, 11) is 0. The van der Waals surface area contributed by atoms with Crippen molar-refractivity contribution in [3.8, 4) is 0 Å². The summed E-state index contributed by atoms with van der Waals surface area (Å²) < 4.78 is 3.91. The summed E-state index contributed by atoms with van der Waals surface area (Å²) in [4.78, 5) is 1.36. The molecule has 0 aliphatic heterocycles. The predicted octanol–water partition coefficient (Wildman–Crippen LogP) is 4.99. The first kappa shape index (κ1) is 10.3. The van der Waals surface area contributed by atoms with E-state index in [2.05, 4.69) is 62.3 Å². The quantitative estimate of drug-likeness (QED) is 0.493. The number of halogens is 2. The molecule has 0 saturated heterocycles. The topological polar surface area (TPSA) is 0 Å². The van der Waals surface area contributed by atoms with Gasteiger partial charge in [-0.3, -0.25) is 0 Å². The van der Waals surface area contributed by atoms with E-state index in [-0.39, 0.29) is 0 Å². The van der Waals surface area contributed by atoms with E-state index in [4.69, 9.17) is 0 Å². The standard InChI is InChI=1S/C9H6BrIS2/c1-12-9-7(10)6(11)4-5-2-3-13-8(5)9/h2-4H,1H3. The Morgan fingerprint density at radius 3 is 3.00 bits per heavy atom. The summed E-state index contributed by atoms with van der Waals surface area (Å²) in [6, 6.07) is 4.39. The highest BCUT2D eigenvalue weighted by Gasteiger charge is 2.09. The molecule has 0 radical (unpaired) electrons. The van der Waals surface area contributed by atoms with Crippen LogP contribution in [-0.4, -0.2) is 6.26 Å². The lowest BCUT2D eigenvalue weighted by Crippen LogP contribution is -1.79. The van der Waals surface area contributed by atoms with Crippen LogP contribution in [0.2, 0.25) is 0 Å². The first-order valence-corrected chi connectivity index (χ1v) is 7.61. The Morgan fingerprint density at radius 1 is 1.54 bits per heavy atom. The summed E-state index contributed by atoms with van der Waals surface area (Å²) >= 11 is 9.60. The van der Waals surface area contributed by atoms with Crippen LogP contribution in [0.4, 0.5) is 0 Å². The molecule has 1 heterocycles. The molecule has 0 fully saturated rings. The van der Waals surface area contributed by atoms with Gasteiger partial charge in [-0.15, -0.1) is 23.1 Å². The van der Waals surface area contributed by atoms with E-state index in [1.165, 1.54) is 23.0 Å². The number of rotatable bonds is 1. The number of thioether (sulfide) groups is 1. The summed E-state index contributed by atoms with van der Waals surface area (Å²) in [5, 5.41) is 3.49. The fraction of sp³-hybridized carbons (Fsp3) is 0.111. The molecule has 0 aliphatic rings. The lowest BCUT2D eigenvalue weighted by atomic mass is 10.3. The van der Waals surface area contributed by atoms with Crippen molar-refractivity contribution < 1.29 is 0 Å². The minimum absolute atomic E-state index is 1.23. The second-order valence-electron chi connectivity index (χ2n) is 2.54. The highest BCUT2D eigenvalue weighted by atomic mass is 127. The van der Waals surface area contributed by atoms with Crippen LogP contribution in [0, 0.1) is 3.57 Å². The van der Waals surface area contributed by atoms with Gasteiger partial charge in [0, 0.05) is 17.6 Å². The molecule has 4 heteroatoms. The Labute approximate surface area is 107 Å². The fourth-order valence-electron chi connectivity index (χ4n) is 1.21. The molecule has 0 nitrogen and oxygen atoms in total. The van der Waals surface area contributed by atoms with E-state index in [1.807, 2.05) is 11.3 Å². The van der Waals surface area contributed by atoms with Crippen LogP contribution in [0.1, 0.15) is 0 Å². The monoisotopic (exact) mass is 384 g/mol. The minimum atomic E-state index is 1.23. The average molecular weight is 385 g/mol. The Kier molecular flexibility index (Phi) is 3.22. The molecule has 0 atom stereocenters. The molecule has 0 unspecified atom stereocenters. The summed E-state index contributed by atoms with van der Waals surface area (Å²) in [6.45, 7) is 0. The second-order valence-corrected chi connectivity index (χ2v) is 6.23. The van der Waals surface area contributed by atoms with Gasteiger partial charge in [-0.05, 0) is 67.7 Å². The van der Waals surface area contributed by atoms with Crippen molar-refractivity contribution >= 4 is 71.7 Å². The lowest BCUT2D eigenvalue weighted by Gasteiger charge is -2.04. The third kappa shape index (κ3) is 1.78. The average Bonchev–Trinajstić information content (AvgIpc) is 2.54. The molecule has 0 N–H and O–H groups in total. The zero-order chi connectivity index (χ0) is 9.42. The minimum Gasteiger partial charge on any atom is -0.143 e. The molecule has 0 saturated carbocycles. The van der Waals surface area contributed by atoms with Gasteiger partial charge in [0.2, 0.25) is 0 Å². The molecule has 1 aromatic heterocycles. The van der Waals surface area contributed by atoms with Gasteiger partial charge < -0.3 is 0 Å². The van der Waals surface area contributed by atoms with Crippen molar-refractivity contribution in [3.05, 3.63) is 25.6 Å². The van der Waals surface area contributed by atoms with Crippen LogP contribution in [0.15, 0.2) is 26.9 Å². The molecule has 0 aliphatic carbocycles. The maximum absolute atomic E-state index is 3.62. The van der Waals surface area contributed by atoms with E-state index in [0.29, 0.717) is 0 Å². The van der Waals surface area contributed by atoms with Gasteiger partial charge >= 0.3 is 0 Å². The molecule has 68 valence electrons. The van der Waals surface area contributed by atoms with Gasteiger partial charge in [0.1, 0.15) is 0 Å². The maximum atomic E-state index is 3.62. The maximum Gasteiger partial charge on any atom is 0.0490 e. The largest absolute Gasteiger partial charge is 0.143 e. The zero-order valence-corrected chi connectivity index (χ0v) is 12.2. The Hall–Kier alpha value is 0.740. The van der Waals surface area contributed by atoms with Crippen molar-refractivity contribution in [1.82, 2.24) is 0 Å². The Balaban J connectivity index is 2.87. The Morgan fingerprint density at radius 2 is 2.31 bits per heavy atom. The zero-order valence-electron chi connectivity index (χ0n) is 6.80. The van der Waals surface area contributed by atoms with Crippen molar-refractivity contribution in [2.24, 2.45) is 0 Å². The highest BCUT2D eigenvalue weighted by molar-refractivity contribution is 14.1. The van der Waals surface area contributed by atoms with E-state index in [9.17, 15) is 0 Å². The van der Waals surface area contributed by atoms with Gasteiger partial charge in [-0.2, -0.15) is 0 Å². The van der Waals surface area contributed by atoms with Crippen molar-refractivity contribution in [3.63, 3.8) is 0 Å². The molecular formula is C9H6BrIS2. The first-order chi connectivity index (χ1) is 6.24. The summed E-state index contributed by atoms with van der Waals surface area (Å²) in [5.74, 6) is 0. The van der Waals surface area contributed by atoms with E-state index >= 15 is 0 Å². The molecule has 0 amide bonds. The molecule has 0 spiro atoms. The van der Waals surface area contributed by atoms with E-state index in [0.717, 1.165) is 0 Å². The summed E-state index contributed by atoms with van der Waals surface area (Å²) in [6.07, 6.45) is 2.12. The van der Waals surface area contributed by atoms with Crippen LogP contribution in [0.25, 0.3) is 10.1 Å². The van der Waals surface area contributed by atoms with Gasteiger partial charge in [0.25, 0.3) is 0 Å². The number of hydrogen-bond acceptors (Lipinski definition) is 2. The van der Waals surface area contributed by atoms with Crippen molar-refractivity contribution in [2.75, 3.05) is 6.26 Å². The number of benzene rings is 1. The normalized spacial score (nSPS) is 11.0. The van der Waals surface area contributed by atoms with Crippen molar-refractivity contribution in [1.29, 1.82) is 0 Å². The van der Waals surface area contributed by atoms with Crippen LogP contribution in [0.3, 0.4) is 0 Å². The van der Waals surface area contributed by atoms with Gasteiger partial charge in [-0.1, -0.05) is 0 Å².